The highest BCUT2D eigenvalue weighted by Crippen LogP contribution is 2.18. The Morgan fingerprint density at radius 3 is 0.667 bits per heavy atom. The number of hydrogen-bond acceptors (Lipinski definition) is 18. The van der Waals surface area contributed by atoms with E-state index in [1.807, 2.05) is 0 Å². The molecule has 0 spiro atoms. The van der Waals surface area contributed by atoms with E-state index in [0.29, 0.717) is 17.8 Å². The first-order valence-electron chi connectivity index (χ1n) is 14.3. The van der Waals surface area contributed by atoms with Gasteiger partial charge in [0.15, 0.2) is 0 Å². The Bertz CT molecular complexity index is 1050. The summed E-state index contributed by atoms with van der Waals surface area (Å²) in [6.07, 6.45) is 10.8. The molecule has 0 atom stereocenters. The summed E-state index contributed by atoms with van der Waals surface area (Å²) < 4.78 is 0. The van der Waals surface area contributed by atoms with Gasteiger partial charge in [0.2, 0.25) is 53.5 Å². The largest absolute Gasteiger partial charge is 0.368 e. The maximum Gasteiger partial charge on any atom is 0.231 e. The van der Waals surface area contributed by atoms with E-state index in [1.54, 1.807) is 0 Å². The zero-order valence-electron chi connectivity index (χ0n) is 23.9. The van der Waals surface area contributed by atoms with Crippen molar-refractivity contribution >= 4 is 53.5 Å². The molecule has 18 heteroatoms. The van der Waals surface area contributed by atoms with Crippen LogP contribution in [0.3, 0.4) is 0 Å². The number of nitrogen functional groups attached to an aromatic ring is 6. The second kappa shape index (κ2) is 14.7. The van der Waals surface area contributed by atoms with Crippen molar-refractivity contribution in [3.8, 4) is 0 Å². The number of hydrogen-bond donors (Lipinski definition) is 6. The standard InChI is InChI=1S/3C8H14N6/c3*9-6-11-7(10)13-8(12-6)14-4-2-1-3-5-14/h3*1-5H2,(H4,9,10,11,12,13). The minimum Gasteiger partial charge on any atom is -0.368 e. The van der Waals surface area contributed by atoms with E-state index in [1.165, 1.54) is 57.8 Å². The lowest BCUT2D eigenvalue weighted by Gasteiger charge is -2.26. The molecule has 0 aliphatic carbocycles. The van der Waals surface area contributed by atoms with E-state index in [2.05, 4.69) is 59.6 Å². The first-order chi connectivity index (χ1) is 20.3. The van der Waals surface area contributed by atoms with Crippen LogP contribution < -0.4 is 49.1 Å². The Balaban J connectivity index is 0.000000145. The van der Waals surface area contributed by atoms with Gasteiger partial charge in [-0.1, -0.05) is 0 Å². The van der Waals surface area contributed by atoms with E-state index in [4.69, 9.17) is 34.4 Å². The molecule has 0 saturated carbocycles. The summed E-state index contributed by atoms with van der Waals surface area (Å²) in [5.41, 5.74) is 33.0. The van der Waals surface area contributed by atoms with Crippen LogP contribution in [0.2, 0.25) is 0 Å². The summed E-state index contributed by atoms with van der Waals surface area (Å²) >= 11 is 0. The summed E-state index contributed by atoms with van der Waals surface area (Å²) in [5, 5.41) is 0. The van der Waals surface area contributed by atoms with Crippen LogP contribution >= 0.6 is 0 Å². The van der Waals surface area contributed by atoms with Crippen LogP contribution in [-0.4, -0.2) is 84.1 Å². The third-order valence-electron chi connectivity index (χ3n) is 6.89. The molecule has 228 valence electrons. The van der Waals surface area contributed by atoms with Crippen molar-refractivity contribution in [1.29, 1.82) is 0 Å². The molecule has 3 fully saturated rings. The zero-order chi connectivity index (χ0) is 29.9. The monoisotopic (exact) mass is 582 g/mol. The fourth-order valence-electron chi connectivity index (χ4n) is 4.90. The third-order valence-corrected chi connectivity index (χ3v) is 6.89. The van der Waals surface area contributed by atoms with Crippen molar-refractivity contribution in [2.45, 2.75) is 57.8 Å². The van der Waals surface area contributed by atoms with E-state index in [9.17, 15) is 0 Å². The van der Waals surface area contributed by atoms with Crippen molar-refractivity contribution < 1.29 is 0 Å². The minimum atomic E-state index is 0.193. The molecule has 0 bridgehead atoms. The third kappa shape index (κ3) is 9.13. The van der Waals surface area contributed by atoms with Gasteiger partial charge in [-0.15, -0.1) is 0 Å². The summed E-state index contributed by atoms with van der Waals surface area (Å²) in [4.78, 5) is 41.8. The molecular formula is C24H42N18. The highest BCUT2D eigenvalue weighted by atomic mass is 15.3. The molecular weight excluding hydrogens is 540 g/mol. The quantitative estimate of drug-likeness (QED) is 0.238. The molecule has 0 unspecified atom stereocenters. The Hall–Kier alpha value is -4.77. The Kier molecular flexibility index (Phi) is 10.6. The maximum atomic E-state index is 5.50. The molecule has 3 saturated heterocycles. The Labute approximate surface area is 244 Å². The average molecular weight is 583 g/mol. The van der Waals surface area contributed by atoms with Crippen LogP contribution in [0.4, 0.5) is 53.5 Å². The topological polar surface area (TPSA) is 282 Å². The number of nitrogens with two attached hydrogens (primary N) is 6. The Morgan fingerprint density at radius 2 is 0.476 bits per heavy atom. The lowest BCUT2D eigenvalue weighted by atomic mass is 10.1. The molecule has 3 aromatic rings. The number of rotatable bonds is 3. The van der Waals surface area contributed by atoms with Gasteiger partial charge in [0, 0.05) is 39.3 Å². The van der Waals surface area contributed by atoms with Gasteiger partial charge in [0.1, 0.15) is 0 Å². The zero-order valence-corrected chi connectivity index (χ0v) is 23.9. The van der Waals surface area contributed by atoms with Gasteiger partial charge in [-0.3, -0.25) is 0 Å². The summed E-state index contributed by atoms with van der Waals surface area (Å²) in [6.45, 7) is 5.85. The first-order valence-corrected chi connectivity index (χ1v) is 14.3. The van der Waals surface area contributed by atoms with Crippen molar-refractivity contribution in [3.05, 3.63) is 0 Å². The minimum absolute atomic E-state index is 0.193. The van der Waals surface area contributed by atoms with Crippen molar-refractivity contribution in [2.24, 2.45) is 0 Å². The van der Waals surface area contributed by atoms with Crippen molar-refractivity contribution in [1.82, 2.24) is 44.9 Å². The summed E-state index contributed by atoms with van der Waals surface area (Å²) in [6, 6.07) is 0. The normalized spacial score (nSPS) is 17.0. The second-order valence-corrected chi connectivity index (χ2v) is 10.2. The smallest absolute Gasteiger partial charge is 0.231 e. The van der Waals surface area contributed by atoms with Crippen LogP contribution in [0.5, 0.6) is 0 Å². The predicted molar refractivity (Wildman–Crippen MR) is 164 cm³/mol. The fourth-order valence-corrected chi connectivity index (χ4v) is 4.90. The molecule has 3 aliphatic heterocycles. The maximum absolute atomic E-state index is 5.50. The molecule has 0 amide bonds. The molecule has 0 aromatic carbocycles. The highest BCUT2D eigenvalue weighted by molar-refractivity contribution is 5.41. The molecule has 0 radical (unpaired) electrons. The van der Waals surface area contributed by atoms with Gasteiger partial charge in [0.25, 0.3) is 0 Å². The van der Waals surface area contributed by atoms with Crippen LogP contribution in [0.1, 0.15) is 57.8 Å². The Morgan fingerprint density at radius 1 is 0.286 bits per heavy atom. The molecule has 3 aromatic heterocycles. The summed E-state index contributed by atoms with van der Waals surface area (Å²) in [7, 11) is 0. The van der Waals surface area contributed by atoms with Gasteiger partial charge in [0.05, 0.1) is 0 Å². The highest BCUT2D eigenvalue weighted by Gasteiger charge is 2.16. The van der Waals surface area contributed by atoms with E-state index < -0.39 is 0 Å². The molecule has 12 N–H and O–H groups in total. The molecule has 18 nitrogen and oxygen atoms in total. The molecule has 3 aliphatic rings. The van der Waals surface area contributed by atoms with Gasteiger partial charge in [-0.05, 0) is 57.8 Å². The molecule has 6 heterocycles. The van der Waals surface area contributed by atoms with Gasteiger partial charge in [-0.25, -0.2) is 0 Å². The van der Waals surface area contributed by atoms with Crippen molar-refractivity contribution in [2.75, 3.05) is 88.4 Å². The van der Waals surface area contributed by atoms with Gasteiger partial charge in [-0.2, -0.15) is 44.9 Å². The fraction of sp³-hybridized carbons (Fsp3) is 0.625. The average Bonchev–Trinajstić information content (AvgIpc) is 2.98. The molecule has 6 rings (SSSR count). The van der Waals surface area contributed by atoms with E-state index in [0.717, 1.165) is 39.3 Å². The second-order valence-electron chi connectivity index (χ2n) is 10.2. The predicted octanol–water partition coefficient (Wildman–Crippen LogP) is 0.0789. The number of aromatic nitrogens is 9. The van der Waals surface area contributed by atoms with Crippen LogP contribution in [0, 0.1) is 0 Å². The SMILES string of the molecule is Nc1nc(N)nc(N2CCCCC2)n1.Nc1nc(N)nc(N2CCCCC2)n1.Nc1nc(N)nc(N2CCCCC2)n1. The van der Waals surface area contributed by atoms with Gasteiger partial charge < -0.3 is 49.1 Å². The summed E-state index contributed by atoms with van der Waals surface area (Å²) in [5.74, 6) is 2.97. The van der Waals surface area contributed by atoms with Crippen LogP contribution in [0.25, 0.3) is 0 Å². The lowest BCUT2D eigenvalue weighted by Crippen LogP contribution is -2.31. The molecule has 42 heavy (non-hydrogen) atoms. The lowest BCUT2D eigenvalue weighted by molar-refractivity contribution is 0.568. The van der Waals surface area contributed by atoms with Gasteiger partial charge >= 0.3 is 0 Å². The van der Waals surface area contributed by atoms with E-state index in [-0.39, 0.29) is 35.7 Å². The number of anilines is 9. The van der Waals surface area contributed by atoms with E-state index >= 15 is 0 Å². The first kappa shape index (κ1) is 30.2. The number of nitrogens with zero attached hydrogens (tertiary/aromatic N) is 12. The number of piperidine rings is 3. The van der Waals surface area contributed by atoms with Crippen molar-refractivity contribution in [3.63, 3.8) is 0 Å². The van der Waals surface area contributed by atoms with Crippen LogP contribution in [-0.2, 0) is 0 Å². The van der Waals surface area contributed by atoms with Crippen LogP contribution in [0.15, 0.2) is 0 Å².